The summed E-state index contributed by atoms with van der Waals surface area (Å²) < 4.78 is 29.9. The van der Waals surface area contributed by atoms with E-state index in [4.69, 9.17) is 14.2 Å². The van der Waals surface area contributed by atoms with Crippen LogP contribution in [-0.4, -0.2) is 49.1 Å². The lowest BCUT2D eigenvalue weighted by Gasteiger charge is -2.28. The number of nitrogens with zero attached hydrogens (tertiary/aromatic N) is 1. The van der Waals surface area contributed by atoms with Gasteiger partial charge in [0, 0.05) is 25.2 Å². The summed E-state index contributed by atoms with van der Waals surface area (Å²) in [5.41, 5.74) is 1.58. The Morgan fingerprint density at radius 2 is 1.69 bits per heavy atom. The number of methoxy groups -OCH3 is 2. The first-order valence-corrected chi connectivity index (χ1v) is 9.70. The van der Waals surface area contributed by atoms with Crippen LogP contribution in [0.5, 0.6) is 11.5 Å². The molecule has 6 heteroatoms. The summed E-state index contributed by atoms with van der Waals surface area (Å²) in [4.78, 5) is 2.08. The Bertz CT molecular complexity index is 758. The van der Waals surface area contributed by atoms with Gasteiger partial charge in [0.2, 0.25) is 0 Å². The normalized spacial score (nSPS) is 12.8. The molecule has 0 aromatic heterocycles. The van der Waals surface area contributed by atoms with Crippen molar-refractivity contribution in [3.05, 3.63) is 59.4 Å². The Balaban J connectivity index is 2.19. The summed E-state index contributed by atoms with van der Waals surface area (Å²) >= 11 is 0. The van der Waals surface area contributed by atoms with Gasteiger partial charge in [-0.1, -0.05) is 24.3 Å². The van der Waals surface area contributed by atoms with Crippen molar-refractivity contribution in [2.24, 2.45) is 0 Å². The van der Waals surface area contributed by atoms with Crippen molar-refractivity contribution in [3.63, 3.8) is 0 Å². The van der Waals surface area contributed by atoms with E-state index >= 15 is 0 Å². The Hall–Kier alpha value is -2.15. The standard InChI is InChI=1S/C23H32FNO4/c1-23(2,3)29-16-20(26)15-25(13-17-9-11-19(24)12-10-17)14-18-7-6-8-21(27-4)22(18)28-5/h6-12,20,26H,13-16H2,1-5H3/t20-/m1/s1. The number of benzene rings is 2. The predicted molar refractivity (Wildman–Crippen MR) is 112 cm³/mol. The molecule has 0 aliphatic carbocycles. The quantitative estimate of drug-likeness (QED) is 0.647. The molecular formula is C23H32FNO4. The topological polar surface area (TPSA) is 51.2 Å². The zero-order chi connectivity index (χ0) is 21.4. The molecule has 0 spiro atoms. The lowest BCUT2D eigenvalue weighted by molar-refractivity contribution is -0.0573. The second kappa shape index (κ2) is 10.6. The maximum absolute atomic E-state index is 13.3. The van der Waals surface area contributed by atoms with Gasteiger partial charge in [-0.15, -0.1) is 0 Å². The molecule has 5 nitrogen and oxygen atoms in total. The van der Waals surface area contributed by atoms with Crippen molar-refractivity contribution in [1.29, 1.82) is 0 Å². The summed E-state index contributed by atoms with van der Waals surface area (Å²) in [5, 5.41) is 10.5. The molecule has 160 valence electrons. The van der Waals surface area contributed by atoms with Crippen molar-refractivity contribution in [3.8, 4) is 11.5 Å². The molecule has 0 amide bonds. The maximum Gasteiger partial charge on any atom is 0.165 e. The van der Waals surface area contributed by atoms with Crippen molar-refractivity contribution in [2.45, 2.75) is 45.6 Å². The third-order valence-corrected chi connectivity index (χ3v) is 4.38. The monoisotopic (exact) mass is 405 g/mol. The van der Waals surface area contributed by atoms with Crippen molar-refractivity contribution >= 4 is 0 Å². The van der Waals surface area contributed by atoms with Crippen molar-refractivity contribution in [1.82, 2.24) is 4.90 Å². The Morgan fingerprint density at radius 3 is 2.28 bits per heavy atom. The molecule has 0 saturated carbocycles. The molecule has 0 saturated heterocycles. The molecule has 2 rings (SSSR count). The highest BCUT2D eigenvalue weighted by Gasteiger charge is 2.19. The van der Waals surface area contributed by atoms with Crippen molar-refractivity contribution in [2.75, 3.05) is 27.4 Å². The molecule has 0 heterocycles. The average molecular weight is 406 g/mol. The molecule has 1 atom stereocenters. The van der Waals surface area contributed by atoms with E-state index in [0.29, 0.717) is 31.1 Å². The van der Waals surface area contributed by atoms with E-state index in [9.17, 15) is 9.50 Å². The number of hydrogen-bond donors (Lipinski definition) is 1. The number of aliphatic hydroxyl groups is 1. The van der Waals surface area contributed by atoms with Crippen LogP contribution in [0, 0.1) is 5.82 Å². The van der Waals surface area contributed by atoms with Gasteiger partial charge in [-0.05, 0) is 44.5 Å². The van der Waals surface area contributed by atoms with Gasteiger partial charge in [0.15, 0.2) is 11.5 Å². The van der Waals surface area contributed by atoms with E-state index in [2.05, 4.69) is 4.90 Å². The zero-order valence-electron chi connectivity index (χ0n) is 17.9. The smallest absolute Gasteiger partial charge is 0.165 e. The van der Waals surface area contributed by atoms with Crippen molar-refractivity contribution < 1.29 is 23.7 Å². The molecule has 0 fully saturated rings. The Kier molecular flexibility index (Phi) is 8.44. The Morgan fingerprint density at radius 1 is 1.00 bits per heavy atom. The molecule has 0 unspecified atom stereocenters. The van der Waals surface area contributed by atoms with Gasteiger partial charge in [-0.2, -0.15) is 0 Å². The van der Waals surface area contributed by atoms with Gasteiger partial charge < -0.3 is 19.3 Å². The van der Waals surface area contributed by atoms with Crippen LogP contribution >= 0.6 is 0 Å². The lowest BCUT2D eigenvalue weighted by Crippen LogP contribution is -2.36. The zero-order valence-corrected chi connectivity index (χ0v) is 17.9. The molecule has 29 heavy (non-hydrogen) atoms. The van der Waals surface area contributed by atoms with Gasteiger partial charge in [0.25, 0.3) is 0 Å². The number of rotatable bonds is 10. The Labute approximate surface area is 173 Å². The second-order valence-electron chi connectivity index (χ2n) is 8.03. The first-order chi connectivity index (χ1) is 13.7. The van der Waals surface area contributed by atoms with Crippen LogP contribution in [0.1, 0.15) is 31.9 Å². The summed E-state index contributed by atoms with van der Waals surface area (Å²) in [6.07, 6.45) is -0.661. The summed E-state index contributed by atoms with van der Waals surface area (Å²) in [7, 11) is 3.21. The number of ether oxygens (including phenoxy) is 3. The minimum atomic E-state index is -0.661. The van der Waals surface area contributed by atoms with Gasteiger partial charge in [0.1, 0.15) is 5.82 Å². The number of para-hydroxylation sites is 1. The SMILES string of the molecule is COc1cccc(CN(Cc2ccc(F)cc2)C[C@@H](O)COC(C)(C)C)c1OC. The van der Waals surface area contributed by atoms with Gasteiger partial charge in [-0.25, -0.2) is 4.39 Å². The third kappa shape index (κ3) is 7.65. The minimum absolute atomic E-state index is 0.235. The molecule has 0 radical (unpaired) electrons. The maximum atomic E-state index is 13.3. The summed E-state index contributed by atoms with van der Waals surface area (Å²) in [6.45, 7) is 7.58. The minimum Gasteiger partial charge on any atom is -0.493 e. The lowest BCUT2D eigenvalue weighted by atomic mass is 10.1. The fraction of sp³-hybridized carbons (Fsp3) is 0.478. The first-order valence-electron chi connectivity index (χ1n) is 9.70. The molecular weight excluding hydrogens is 373 g/mol. The largest absolute Gasteiger partial charge is 0.493 e. The van der Waals surface area contributed by atoms with Crippen LogP contribution in [-0.2, 0) is 17.8 Å². The highest BCUT2D eigenvalue weighted by Crippen LogP contribution is 2.31. The van der Waals surface area contributed by atoms with E-state index in [1.165, 1.54) is 12.1 Å². The van der Waals surface area contributed by atoms with Gasteiger partial charge in [-0.3, -0.25) is 4.90 Å². The summed E-state index contributed by atoms with van der Waals surface area (Å²) in [6, 6.07) is 12.1. The molecule has 0 aliphatic rings. The van der Waals surface area contributed by atoms with E-state index in [0.717, 1.165) is 11.1 Å². The second-order valence-corrected chi connectivity index (χ2v) is 8.03. The molecule has 2 aromatic rings. The fourth-order valence-corrected chi connectivity index (χ4v) is 3.05. The third-order valence-electron chi connectivity index (χ3n) is 4.38. The summed E-state index contributed by atoms with van der Waals surface area (Å²) in [5.74, 6) is 1.05. The van der Waals surface area contributed by atoms with E-state index in [-0.39, 0.29) is 18.0 Å². The van der Waals surface area contributed by atoms with Gasteiger partial charge >= 0.3 is 0 Å². The van der Waals surface area contributed by atoms with E-state index < -0.39 is 6.10 Å². The number of aliphatic hydroxyl groups excluding tert-OH is 1. The molecule has 0 aliphatic heterocycles. The van der Waals surface area contributed by atoms with Crippen LogP contribution in [0.25, 0.3) is 0 Å². The van der Waals surface area contributed by atoms with Crippen LogP contribution < -0.4 is 9.47 Å². The molecule has 2 aromatic carbocycles. The van der Waals surface area contributed by atoms with Crippen LogP contribution in [0.2, 0.25) is 0 Å². The van der Waals surface area contributed by atoms with E-state index in [1.54, 1.807) is 26.4 Å². The number of hydrogen-bond acceptors (Lipinski definition) is 5. The average Bonchev–Trinajstić information content (AvgIpc) is 2.67. The van der Waals surface area contributed by atoms with E-state index in [1.807, 2.05) is 39.0 Å². The van der Waals surface area contributed by atoms with Crippen LogP contribution in [0.15, 0.2) is 42.5 Å². The van der Waals surface area contributed by atoms with Gasteiger partial charge in [0.05, 0.1) is 32.5 Å². The molecule has 0 bridgehead atoms. The number of halogens is 1. The molecule has 1 N–H and O–H groups in total. The fourth-order valence-electron chi connectivity index (χ4n) is 3.05. The predicted octanol–water partition coefficient (Wildman–Crippen LogP) is 4.02. The first kappa shape index (κ1) is 23.1. The highest BCUT2D eigenvalue weighted by atomic mass is 19.1. The highest BCUT2D eigenvalue weighted by molar-refractivity contribution is 5.46. The van der Waals surface area contributed by atoms with Crippen LogP contribution in [0.4, 0.5) is 4.39 Å². The van der Waals surface area contributed by atoms with Crippen LogP contribution in [0.3, 0.4) is 0 Å².